The molecule has 23 heavy (non-hydrogen) atoms. The van der Waals surface area contributed by atoms with Gasteiger partial charge in [-0.05, 0) is 17.7 Å². The Morgan fingerprint density at radius 3 is 2.39 bits per heavy atom. The summed E-state index contributed by atoms with van der Waals surface area (Å²) in [5.74, 6) is -0.375. The fraction of sp³-hybridized carbons (Fsp3) is 0.118. The van der Waals surface area contributed by atoms with Crippen LogP contribution in [0.15, 0.2) is 60.7 Å². The fourth-order valence-corrected chi connectivity index (χ4v) is 1.96. The molecule has 6 heteroatoms. The van der Waals surface area contributed by atoms with Crippen molar-refractivity contribution in [3.05, 3.63) is 66.2 Å². The number of hydrogen-bond acceptors (Lipinski definition) is 2. The summed E-state index contributed by atoms with van der Waals surface area (Å²) in [6, 6.07) is 13.5. The second-order valence-electron chi connectivity index (χ2n) is 4.64. The molecule has 0 aromatic heterocycles. The van der Waals surface area contributed by atoms with E-state index >= 15 is 0 Å². The number of nitrogens with one attached hydrogen (secondary N) is 1. The fourth-order valence-electron chi connectivity index (χ4n) is 1.96. The van der Waals surface area contributed by atoms with E-state index in [4.69, 9.17) is 4.74 Å². The Labute approximate surface area is 131 Å². The first kappa shape index (κ1) is 16.6. The Balaban J connectivity index is 2.26. The van der Waals surface area contributed by atoms with Crippen LogP contribution in [0.2, 0.25) is 0 Å². The summed E-state index contributed by atoms with van der Waals surface area (Å²) in [5.41, 5.74) is -0.723. The zero-order valence-electron chi connectivity index (χ0n) is 12.2. The van der Waals surface area contributed by atoms with E-state index in [0.717, 1.165) is 0 Å². The average molecular weight is 321 g/mol. The Hall–Kier alpha value is -2.76. The van der Waals surface area contributed by atoms with Crippen molar-refractivity contribution < 1.29 is 22.7 Å². The van der Waals surface area contributed by atoms with Crippen molar-refractivity contribution in [3.8, 4) is 5.75 Å². The third-order valence-corrected chi connectivity index (χ3v) is 3.00. The number of alkyl halides is 3. The van der Waals surface area contributed by atoms with E-state index in [9.17, 15) is 18.0 Å². The van der Waals surface area contributed by atoms with Gasteiger partial charge in [0.15, 0.2) is 0 Å². The minimum absolute atomic E-state index is 0.0687. The monoisotopic (exact) mass is 321 g/mol. The van der Waals surface area contributed by atoms with Crippen molar-refractivity contribution in [2.75, 3.05) is 12.4 Å². The Kier molecular flexibility index (Phi) is 5.05. The molecule has 0 atom stereocenters. The lowest BCUT2D eigenvalue weighted by Crippen LogP contribution is -2.16. The van der Waals surface area contributed by atoms with Gasteiger partial charge < -0.3 is 10.1 Å². The number of carbonyl (C=O) groups is 1. The number of rotatable bonds is 4. The quantitative estimate of drug-likeness (QED) is 0.854. The van der Waals surface area contributed by atoms with E-state index in [0.29, 0.717) is 17.5 Å². The van der Waals surface area contributed by atoms with Gasteiger partial charge in [-0.15, -0.1) is 0 Å². The molecule has 120 valence electrons. The van der Waals surface area contributed by atoms with Gasteiger partial charge in [0.1, 0.15) is 5.75 Å². The van der Waals surface area contributed by atoms with Crippen LogP contribution in [-0.4, -0.2) is 19.2 Å². The number of benzene rings is 2. The number of hydrogen-bond donors (Lipinski definition) is 1. The maximum atomic E-state index is 13.2. The van der Waals surface area contributed by atoms with Gasteiger partial charge >= 0.3 is 6.18 Å². The first-order valence-corrected chi connectivity index (χ1v) is 6.69. The normalized spacial score (nSPS) is 11.9. The minimum atomic E-state index is -4.63. The van der Waals surface area contributed by atoms with Gasteiger partial charge in [-0.1, -0.05) is 36.4 Å². The number of amides is 1. The van der Waals surface area contributed by atoms with Crippen LogP contribution in [0.25, 0.3) is 5.57 Å². The minimum Gasteiger partial charge on any atom is -0.497 e. The van der Waals surface area contributed by atoms with Crippen LogP contribution in [-0.2, 0) is 4.79 Å². The zero-order valence-corrected chi connectivity index (χ0v) is 12.2. The number of carbonyl (C=O) groups excluding carboxylic acids is 1. The van der Waals surface area contributed by atoms with Crippen molar-refractivity contribution >= 4 is 17.2 Å². The predicted molar refractivity (Wildman–Crippen MR) is 82.1 cm³/mol. The first-order valence-electron chi connectivity index (χ1n) is 6.69. The van der Waals surface area contributed by atoms with Crippen LogP contribution >= 0.6 is 0 Å². The average Bonchev–Trinajstić information content (AvgIpc) is 2.52. The topological polar surface area (TPSA) is 38.3 Å². The van der Waals surface area contributed by atoms with E-state index < -0.39 is 17.7 Å². The first-order chi connectivity index (χ1) is 10.9. The van der Waals surface area contributed by atoms with E-state index in [1.807, 2.05) is 0 Å². The third-order valence-electron chi connectivity index (χ3n) is 3.00. The highest BCUT2D eigenvalue weighted by Gasteiger charge is 2.35. The molecule has 0 unspecified atom stereocenters. The highest BCUT2D eigenvalue weighted by Crippen LogP contribution is 2.33. The van der Waals surface area contributed by atoms with E-state index in [-0.39, 0.29) is 5.56 Å². The number of anilines is 1. The predicted octanol–water partition coefficient (Wildman–Crippen LogP) is 4.28. The van der Waals surface area contributed by atoms with Crippen molar-refractivity contribution in [1.29, 1.82) is 0 Å². The summed E-state index contributed by atoms with van der Waals surface area (Å²) in [4.78, 5) is 11.9. The molecule has 0 spiro atoms. The molecule has 0 fully saturated rings. The van der Waals surface area contributed by atoms with Crippen molar-refractivity contribution in [1.82, 2.24) is 0 Å². The van der Waals surface area contributed by atoms with E-state index in [2.05, 4.69) is 5.32 Å². The molecular formula is C17H14F3NO2. The SMILES string of the molecule is COc1cccc(NC(=O)/C=C(/c2ccccc2)C(F)(F)F)c1. The van der Waals surface area contributed by atoms with Gasteiger partial charge in [-0.25, -0.2) is 0 Å². The molecule has 2 aromatic rings. The summed E-state index contributed by atoms with van der Waals surface area (Å²) >= 11 is 0. The second kappa shape index (κ2) is 7.00. The third kappa shape index (κ3) is 4.60. The highest BCUT2D eigenvalue weighted by molar-refractivity contribution is 6.04. The number of ether oxygens (including phenoxy) is 1. The maximum Gasteiger partial charge on any atom is 0.417 e. The molecule has 0 heterocycles. The molecule has 2 rings (SSSR count). The lowest BCUT2D eigenvalue weighted by Gasteiger charge is -2.12. The van der Waals surface area contributed by atoms with Gasteiger partial charge in [-0.3, -0.25) is 4.79 Å². The largest absolute Gasteiger partial charge is 0.497 e. The standard InChI is InChI=1S/C17H14F3NO2/c1-23-14-9-5-8-13(10-14)21-16(22)11-15(17(18,19)20)12-6-3-2-4-7-12/h2-11H,1H3,(H,21,22)/b15-11-. The van der Waals surface area contributed by atoms with Crippen LogP contribution in [0.3, 0.4) is 0 Å². The lowest BCUT2D eigenvalue weighted by molar-refractivity contribution is -0.112. The molecule has 1 N–H and O–H groups in total. The Morgan fingerprint density at radius 1 is 1.09 bits per heavy atom. The molecule has 0 aliphatic carbocycles. The number of methoxy groups -OCH3 is 1. The van der Waals surface area contributed by atoms with Crippen LogP contribution < -0.4 is 10.1 Å². The van der Waals surface area contributed by atoms with Gasteiger partial charge in [0.2, 0.25) is 5.91 Å². The molecule has 1 amide bonds. The summed E-state index contributed by atoms with van der Waals surface area (Å²) in [7, 11) is 1.46. The van der Waals surface area contributed by atoms with Crippen LogP contribution in [0.5, 0.6) is 5.75 Å². The van der Waals surface area contributed by atoms with Gasteiger partial charge in [0, 0.05) is 17.8 Å². The molecule has 0 aliphatic heterocycles. The molecule has 0 saturated carbocycles. The summed E-state index contributed by atoms with van der Waals surface area (Å²) in [6.45, 7) is 0. The van der Waals surface area contributed by atoms with E-state index in [1.54, 1.807) is 24.3 Å². The number of halogens is 3. The molecule has 0 saturated heterocycles. The van der Waals surface area contributed by atoms with Crippen molar-refractivity contribution in [2.45, 2.75) is 6.18 Å². The van der Waals surface area contributed by atoms with Gasteiger partial charge in [0.25, 0.3) is 0 Å². The smallest absolute Gasteiger partial charge is 0.417 e. The van der Waals surface area contributed by atoms with Gasteiger partial charge in [-0.2, -0.15) is 13.2 Å². The molecular weight excluding hydrogens is 307 g/mol. The highest BCUT2D eigenvalue weighted by atomic mass is 19.4. The maximum absolute atomic E-state index is 13.2. The van der Waals surface area contributed by atoms with Gasteiger partial charge in [0.05, 0.1) is 12.7 Å². The van der Waals surface area contributed by atoms with E-state index in [1.165, 1.54) is 37.4 Å². The molecule has 0 bridgehead atoms. The summed E-state index contributed by atoms with van der Waals surface area (Å²) < 4.78 is 44.5. The van der Waals surface area contributed by atoms with Crippen LogP contribution in [0.1, 0.15) is 5.56 Å². The number of allylic oxidation sites excluding steroid dienone is 1. The summed E-state index contributed by atoms with van der Waals surface area (Å²) in [6.07, 6.45) is -4.08. The molecule has 2 aromatic carbocycles. The Bertz CT molecular complexity index is 709. The Morgan fingerprint density at radius 2 is 1.78 bits per heavy atom. The van der Waals surface area contributed by atoms with Crippen LogP contribution in [0, 0.1) is 0 Å². The van der Waals surface area contributed by atoms with Crippen molar-refractivity contribution in [2.24, 2.45) is 0 Å². The zero-order chi connectivity index (χ0) is 16.9. The van der Waals surface area contributed by atoms with Crippen LogP contribution in [0.4, 0.5) is 18.9 Å². The van der Waals surface area contributed by atoms with Crippen molar-refractivity contribution in [3.63, 3.8) is 0 Å². The molecule has 0 aliphatic rings. The molecule has 0 radical (unpaired) electrons. The second-order valence-corrected chi connectivity index (χ2v) is 4.64. The lowest BCUT2D eigenvalue weighted by atomic mass is 10.1. The molecule has 3 nitrogen and oxygen atoms in total. The summed E-state index contributed by atoms with van der Waals surface area (Å²) in [5, 5.41) is 2.39.